The number of likely N-dealkylation sites (N-methyl/N-ethyl adjacent to an activating group) is 1. The number of fused-ring (bicyclic) bond motifs is 1. The standard InChI is InChI=1S/C16H21N3O2/c1-19(2)6-5-12-9-17-15-4-3-11(8-14(12)15)7-13-10-21-16(20)18-13/h3-4,8-9,13,17H,5-7,10H2,1-2H3,(H,18,20)/t13-/m0/s1/i5D2,9D,10D2. The average Bonchev–Trinajstić information content (AvgIpc) is 2.92. The summed E-state index contributed by atoms with van der Waals surface area (Å²) in [6, 6.07) is 4.42. The maximum Gasteiger partial charge on any atom is 0.407 e. The minimum absolute atomic E-state index is 0.0248. The Bertz CT molecular complexity index is 850. The lowest BCUT2D eigenvalue weighted by molar-refractivity contribution is 0.177. The zero-order chi connectivity index (χ0) is 19.3. The van der Waals surface area contributed by atoms with Gasteiger partial charge in [-0.3, -0.25) is 0 Å². The van der Waals surface area contributed by atoms with Crippen LogP contribution in [0.4, 0.5) is 4.79 Å². The molecule has 1 atom stereocenters. The molecule has 1 aromatic carbocycles. The number of rotatable bonds is 5. The quantitative estimate of drug-likeness (QED) is 0.885. The Kier molecular flexibility index (Phi) is 2.50. The van der Waals surface area contributed by atoms with Crippen LogP contribution in [-0.4, -0.2) is 49.2 Å². The van der Waals surface area contributed by atoms with Crippen LogP contribution in [0, 0.1) is 0 Å². The number of hydrogen-bond donors (Lipinski definition) is 2. The number of carbonyl (C=O) groups is 1. The number of aromatic amines is 1. The van der Waals surface area contributed by atoms with Gasteiger partial charge < -0.3 is 19.9 Å². The molecule has 1 saturated heterocycles. The second-order valence-corrected chi connectivity index (χ2v) is 5.33. The molecule has 2 N–H and O–H groups in total. The van der Waals surface area contributed by atoms with E-state index in [4.69, 9.17) is 6.85 Å². The number of ether oxygens (including phenoxy) is 1. The van der Waals surface area contributed by atoms with Crippen molar-refractivity contribution in [2.45, 2.75) is 18.8 Å². The summed E-state index contributed by atoms with van der Waals surface area (Å²) in [5.41, 5.74) is 1.64. The number of nitrogens with zero attached hydrogens (tertiary/aromatic N) is 1. The van der Waals surface area contributed by atoms with Crippen LogP contribution in [0.15, 0.2) is 24.4 Å². The van der Waals surface area contributed by atoms with Crippen LogP contribution in [0.25, 0.3) is 10.9 Å². The van der Waals surface area contributed by atoms with E-state index in [1.165, 1.54) is 0 Å². The summed E-state index contributed by atoms with van der Waals surface area (Å²) in [7, 11) is 3.54. The van der Waals surface area contributed by atoms with Gasteiger partial charge in [0.1, 0.15) is 6.56 Å². The second kappa shape index (κ2) is 5.77. The molecule has 1 amide bonds. The molecule has 21 heavy (non-hydrogen) atoms. The minimum atomic E-state index is -2.10. The lowest BCUT2D eigenvalue weighted by Gasteiger charge is -2.09. The molecule has 0 bridgehead atoms. The van der Waals surface area contributed by atoms with E-state index in [0.29, 0.717) is 10.9 Å². The van der Waals surface area contributed by atoms with Crippen molar-refractivity contribution in [3.05, 3.63) is 35.5 Å². The lowest BCUT2D eigenvalue weighted by atomic mass is 10.0. The highest BCUT2D eigenvalue weighted by atomic mass is 16.6. The summed E-state index contributed by atoms with van der Waals surface area (Å²) in [6.45, 7) is -1.97. The van der Waals surface area contributed by atoms with Crippen molar-refractivity contribution in [2.75, 3.05) is 27.2 Å². The largest absolute Gasteiger partial charge is 0.447 e. The maximum atomic E-state index is 11.3. The van der Waals surface area contributed by atoms with Gasteiger partial charge in [-0.25, -0.2) is 4.79 Å². The van der Waals surface area contributed by atoms with Crippen molar-refractivity contribution in [3.63, 3.8) is 0 Å². The number of carbonyl (C=O) groups excluding carboxylic acids is 1. The summed E-state index contributed by atoms with van der Waals surface area (Å²) in [5, 5.41) is 3.04. The number of hydrogen-bond acceptors (Lipinski definition) is 3. The van der Waals surface area contributed by atoms with Crippen LogP contribution in [0.5, 0.6) is 0 Å². The number of nitrogens with one attached hydrogen (secondary N) is 2. The highest BCUT2D eigenvalue weighted by Crippen LogP contribution is 2.21. The van der Waals surface area contributed by atoms with Crippen LogP contribution in [0.3, 0.4) is 0 Å². The molecule has 2 heterocycles. The first-order chi connectivity index (χ1) is 12.0. The Hall–Kier alpha value is -2.01. The third-order valence-electron chi connectivity index (χ3n) is 3.27. The van der Waals surface area contributed by atoms with Gasteiger partial charge in [0.05, 0.1) is 10.2 Å². The molecule has 1 aliphatic heterocycles. The van der Waals surface area contributed by atoms with Gasteiger partial charge in [0.15, 0.2) is 0 Å². The third-order valence-corrected chi connectivity index (χ3v) is 3.27. The number of amides is 1. The van der Waals surface area contributed by atoms with Crippen LogP contribution < -0.4 is 5.32 Å². The van der Waals surface area contributed by atoms with E-state index in [9.17, 15) is 4.79 Å². The number of alkyl carbamates (subject to hydrolysis) is 1. The van der Waals surface area contributed by atoms with Crippen LogP contribution in [0.1, 0.15) is 18.0 Å². The molecule has 1 aliphatic rings. The first-order valence-electron chi connectivity index (χ1n) is 9.25. The van der Waals surface area contributed by atoms with Gasteiger partial charge in [-0.15, -0.1) is 0 Å². The summed E-state index contributed by atoms with van der Waals surface area (Å²) in [5.74, 6) is 0. The van der Waals surface area contributed by atoms with Gasteiger partial charge in [-0.1, -0.05) is 6.07 Å². The second-order valence-electron chi connectivity index (χ2n) is 5.33. The number of aromatic nitrogens is 1. The van der Waals surface area contributed by atoms with Gasteiger partial charge in [0.25, 0.3) is 0 Å². The summed E-state index contributed by atoms with van der Waals surface area (Å²) < 4.78 is 45.0. The van der Waals surface area contributed by atoms with Crippen LogP contribution in [0.2, 0.25) is 0 Å². The van der Waals surface area contributed by atoms with E-state index >= 15 is 0 Å². The molecular formula is C16H21N3O2. The van der Waals surface area contributed by atoms with Crippen molar-refractivity contribution in [1.29, 1.82) is 0 Å². The van der Waals surface area contributed by atoms with E-state index in [1.54, 1.807) is 37.2 Å². The fourth-order valence-corrected chi connectivity index (χ4v) is 2.26. The van der Waals surface area contributed by atoms with Gasteiger partial charge in [-0.05, 0) is 50.1 Å². The minimum Gasteiger partial charge on any atom is -0.447 e. The van der Waals surface area contributed by atoms with Crippen LogP contribution in [-0.2, 0) is 17.5 Å². The zero-order valence-electron chi connectivity index (χ0n) is 17.0. The molecule has 0 spiro atoms. The first-order valence-corrected chi connectivity index (χ1v) is 6.75. The normalized spacial score (nSPS) is 24.8. The number of cyclic esters (lactones) is 1. The molecule has 112 valence electrons. The lowest BCUT2D eigenvalue weighted by Crippen LogP contribution is -2.28. The van der Waals surface area contributed by atoms with Crippen LogP contribution >= 0.6 is 0 Å². The maximum absolute atomic E-state index is 11.3. The Labute approximate surface area is 131 Å². The van der Waals surface area contributed by atoms with E-state index < -0.39 is 25.1 Å². The highest BCUT2D eigenvalue weighted by molar-refractivity contribution is 5.84. The summed E-state index contributed by atoms with van der Waals surface area (Å²) in [6.07, 6.45) is -2.30. The van der Waals surface area contributed by atoms with Crippen molar-refractivity contribution in [3.8, 4) is 0 Å². The van der Waals surface area contributed by atoms with Gasteiger partial charge >= 0.3 is 6.09 Å². The Balaban J connectivity index is 1.98. The monoisotopic (exact) mass is 292 g/mol. The molecule has 3 rings (SSSR count). The Morgan fingerprint density at radius 2 is 2.43 bits per heavy atom. The van der Waals surface area contributed by atoms with E-state index in [0.717, 1.165) is 5.56 Å². The van der Waals surface area contributed by atoms with Gasteiger partial charge in [-0.2, -0.15) is 0 Å². The Morgan fingerprint density at radius 1 is 1.57 bits per heavy atom. The van der Waals surface area contributed by atoms with Crippen molar-refractivity contribution in [2.24, 2.45) is 0 Å². The number of H-pyrrole nitrogens is 1. The van der Waals surface area contributed by atoms with Crippen molar-refractivity contribution >= 4 is 17.0 Å². The third kappa shape index (κ3) is 3.19. The average molecular weight is 292 g/mol. The van der Waals surface area contributed by atoms with E-state index in [2.05, 4.69) is 15.0 Å². The predicted octanol–water partition coefficient (Wildman–Crippen LogP) is 1.92. The highest BCUT2D eigenvalue weighted by Gasteiger charge is 2.22. The molecular weight excluding hydrogens is 266 g/mol. The molecule has 0 unspecified atom stereocenters. The molecule has 5 heteroatoms. The Morgan fingerprint density at radius 3 is 3.14 bits per heavy atom. The molecule has 1 fully saturated rings. The summed E-state index contributed by atoms with van der Waals surface area (Å²) in [4.78, 5) is 15.9. The van der Waals surface area contributed by atoms with Gasteiger partial charge in [0, 0.05) is 26.4 Å². The molecule has 0 saturated carbocycles. The van der Waals surface area contributed by atoms with Crippen molar-refractivity contribution < 1.29 is 16.4 Å². The smallest absolute Gasteiger partial charge is 0.407 e. The fourth-order valence-electron chi connectivity index (χ4n) is 2.26. The van der Waals surface area contributed by atoms with Gasteiger partial charge in [0.2, 0.25) is 0 Å². The molecule has 2 aromatic rings. The SMILES string of the molecule is [2H]c1[nH]c2ccc(C[C@@H]3NC(=O)OC3([2H])[2H])cc2c1C([2H])([2H])CN(C)C. The van der Waals surface area contributed by atoms with E-state index in [1.807, 2.05) is 0 Å². The topological polar surface area (TPSA) is 57.4 Å². The fraction of sp³-hybridized carbons (Fsp3) is 0.438. The predicted molar refractivity (Wildman–Crippen MR) is 82.5 cm³/mol. The number of benzene rings is 1. The molecule has 5 nitrogen and oxygen atoms in total. The molecule has 0 radical (unpaired) electrons. The van der Waals surface area contributed by atoms with E-state index in [-0.39, 0.29) is 24.7 Å². The van der Waals surface area contributed by atoms with Crippen molar-refractivity contribution in [1.82, 2.24) is 15.2 Å². The zero-order valence-corrected chi connectivity index (χ0v) is 12.0. The molecule has 1 aromatic heterocycles. The summed E-state index contributed by atoms with van der Waals surface area (Å²) >= 11 is 0. The first kappa shape index (κ1) is 9.10. The molecule has 0 aliphatic carbocycles.